The predicted molar refractivity (Wildman–Crippen MR) is 74.7 cm³/mol. The van der Waals surface area contributed by atoms with Crippen LogP contribution < -0.4 is 0 Å². The average molecular weight is 256 g/mol. The van der Waals surface area contributed by atoms with E-state index in [0.717, 1.165) is 5.56 Å². The van der Waals surface area contributed by atoms with Crippen molar-refractivity contribution in [2.75, 3.05) is 0 Å². The van der Waals surface area contributed by atoms with Crippen molar-refractivity contribution in [2.24, 2.45) is 0 Å². The van der Waals surface area contributed by atoms with Crippen LogP contribution in [0, 0.1) is 19.7 Å². The minimum atomic E-state index is -0.309. The standard InChI is InChI=1S/C17H17FO/c1-12-7-8-14(9-13(12)2)10-16(19)11-15-5-3-4-6-17(15)18/h3-9H,10-11H2,1-2H3. The molecule has 0 aliphatic rings. The molecule has 0 unspecified atom stereocenters. The first-order valence-electron chi connectivity index (χ1n) is 6.37. The molecule has 0 atom stereocenters. The molecule has 0 spiro atoms. The Kier molecular flexibility index (Phi) is 4.10. The molecule has 0 N–H and O–H groups in total. The van der Waals surface area contributed by atoms with Crippen molar-refractivity contribution in [3.63, 3.8) is 0 Å². The van der Waals surface area contributed by atoms with Gasteiger partial charge in [-0.1, -0.05) is 36.4 Å². The maximum atomic E-state index is 13.5. The van der Waals surface area contributed by atoms with Crippen molar-refractivity contribution in [1.82, 2.24) is 0 Å². The van der Waals surface area contributed by atoms with Crippen LogP contribution in [-0.2, 0) is 17.6 Å². The summed E-state index contributed by atoms with van der Waals surface area (Å²) in [7, 11) is 0. The number of rotatable bonds is 4. The topological polar surface area (TPSA) is 17.1 Å². The Labute approximate surface area is 113 Å². The van der Waals surface area contributed by atoms with Gasteiger partial charge in [-0.05, 0) is 42.2 Å². The van der Waals surface area contributed by atoms with Crippen LogP contribution in [0.1, 0.15) is 22.3 Å². The van der Waals surface area contributed by atoms with E-state index in [-0.39, 0.29) is 18.0 Å². The van der Waals surface area contributed by atoms with E-state index >= 15 is 0 Å². The molecule has 0 bridgehead atoms. The second-order valence-electron chi connectivity index (χ2n) is 4.90. The van der Waals surface area contributed by atoms with Crippen LogP contribution in [0.5, 0.6) is 0 Å². The minimum absolute atomic E-state index is 0.0355. The summed E-state index contributed by atoms with van der Waals surface area (Å²) >= 11 is 0. The number of Topliss-reactive ketones (excluding diaryl/α,β-unsaturated/α-hetero) is 1. The quantitative estimate of drug-likeness (QED) is 0.813. The average Bonchev–Trinajstić information content (AvgIpc) is 2.37. The van der Waals surface area contributed by atoms with Crippen molar-refractivity contribution >= 4 is 5.78 Å². The SMILES string of the molecule is Cc1ccc(CC(=O)Cc2ccccc2F)cc1C. The molecular formula is C17H17FO. The third kappa shape index (κ3) is 3.50. The highest BCUT2D eigenvalue weighted by Crippen LogP contribution is 2.13. The first-order chi connectivity index (χ1) is 9.06. The van der Waals surface area contributed by atoms with Crippen LogP contribution in [-0.4, -0.2) is 5.78 Å². The van der Waals surface area contributed by atoms with Crippen molar-refractivity contribution in [3.05, 3.63) is 70.5 Å². The minimum Gasteiger partial charge on any atom is -0.299 e. The fourth-order valence-corrected chi connectivity index (χ4v) is 2.06. The zero-order valence-electron chi connectivity index (χ0n) is 11.2. The van der Waals surface area contributed by atoms with Gasteiger partial charge in [-0.3, -0.25) is 4.79 Å². The van der Waals surface area contributed by atoms with E-state index in [9.17, 15) is 9.18 Å². The highest BCUT2D eigenvalue weighted by atomic mass is 19.1. The van der Waals surface area contributed by atoms with Crippen molar-refractivity contribution in [1.29, 1.82) is 0 Å². The largest absolute Gasteiger partial charge is 0.299 e. The molecule has 0 amide bonds. The first-order valence-corrected chi connectivity index (χ1v) is 6.37. The molecule has 0 saturated carbocycles. The first kappa shape index (κ1) is 13.5. The summed E-state index contributed by atoms with van der Waals surface area (Å²) in [6, 6.07) is 12.4. The summed E-state index contributed by atoms with van der Waals surface area (Å²) in [6.45, 7) is 4.07. The van der Waals surface area contributed by atoms with E-state index in [1.807, 2.05) is 32.0 Å². The highest BCUT2D eigenvalue weighted by molar-refractivity contribution is 5.83. The van der Waals surface area contributed by atoms with Gasteiger partial charge in [0.1, 0.15) is 11.6 Å². The number of hydrogen-bond donors (Lipinski definition) is 0. The Morgan fingerprint density at radius 1 is 1.00 bits per heavy atom. The number of aryl methyl sites for hydroxylation is 2. The van der Waals surface area contributed by atoms with Crippen LogP contribution in [0.4, 0.5) is 4.39 Å². The summed E-state index contributed by atoms with van der Waals surface area (Å²) in [5.41, 5.74) is 3.85. The van der Waals surface area contributed by atoms with Crippen LogP contribution in [0.2, 0.25) is 0 Å². The van der Waals surface area contributed by atoms with E-state index in [2.05, 4.69) is 0 Å². The lowest BCUT2D eigenvalue weighted by atomic mass is 9.99. The van der Waals surface area contributed by atoms with Crippen LogP contribution in [0.15, 0.2) is 42.5 Å². The summed E-state index contributed by atoms with van der Waals surface area (Å²) in [4.78, 5) is 12.0. The molecule has 0 aromatic heterocycles. The molecule has 2 aromatic carbocycles. The van der Waals surface area contributed by atoms with Crippen molar-refractivity contribution in [3.8, 4) is 0 Å². The third-order valence-corrected chi connectivity index (χ3v) is 3.32. The molecule has 98 valence electrons. The summed E-state index contributed by atoms with van der Waals surface area (Å²) in [5.74, 6) is -0.274. The Morgan fingerprint density at radius 3 is 2.42 bits per heavy atom. The fraction of sp³-hybridized carbons (Fsp3) is 0.235. The van der Waals surface area contributed by atoms with E-state index < -0.39 is 0 Å². The molecule has 0 radical (unpaired) electrons. The lowest BCUT2D eigenvalue weighted by molar-refractivity contribution is -0.117. The Morgan fingerprint density at radius 2 is 1.74 bits per heavy atom. The number of halogens is 1. The number of benzene rings is 2. The van der Waals surface area contributed by atoms with E-state index in [0.29, 0.717) is 12.0 Å². The maximum absolute atomic E-state index is 13.5. The lowest BCUT2D eigenvalue weighted by Gasteiger charge is -2.05. The Balaban J connectivity index is 2.05. The highest BCUT2D eigenvalue weighted by Gasteiger charge is 2.09. The molecule has 19 heavy (non-hydrogen) atoms. The molecule has 0 aliphatic carbocycles. The van der Waals surface area contributed by atoms with Gasteiger partial charge in [-0.2, -0.15) is 0 Å². The monoisotopic (exact) mass is 256 g/mol. The van der Waals surface area contributed by atoms with Crippen LogP contribution in [0.25, 0.3) is 0 Å². The second kappa shape index (κ2) is 5.79. The molecule has 0 aliphatic heterocycles. The molecule has 0 heterocycles. The maximum Gasteiger partial charge on any atom is 0.141 e. The molecule has 2 aromatic rings. The van der Waals surface area contributed by atoms with Gasteiger partial charge in [0.25, 0.3) is 0 Å². The van der Waals surface area contributed by atoms with Gasteiger partial charge in [0, 0.05) is 12.8 Å². The number of carbonyl (C=O) groups excluding carboxylic acids is 1. The summed E-state index contributed by atoms with van der Waals surface area (Å²) in [5, 5.41) is 0. The molecule has 2 rings (SSSR count). The second-order valence-corrected chi connectivity index (χ2v) is 4.90. The zero-order chi connectivity index (χ0) is 13.8. The Hall–Kier alpha value is -1.96. The van der Waals surface area contributed by atoms with E-state index in [4.69, 9.17) is 0 Å². The van der Waals surface area contributed by atoms with Gasteiger partial charge >= 0.3 is 0 Å². The zero-order valence-corrected chi connectivity index (χ0v) is 11.2. The Bertz CT molecular complexity index is 602. The van der Waals surface area contributed by atoms with Crippen molar-refractivity contribution < 1.29 is 9.18 Å². The van der Waals surface area contributed by atoms with Crippen LogP contribution in [0.3, 0.4) is 0 Å². The number of carbonyl (C=O) groups is 1. The number of ketones is 1. The van der Waals surface area contributed by atoms with Crippen molar-refractivity contribution in [2.45, 2.75) is 26.7 Å². The summed E-state index contributed by atoms with van der Waals surface area (Å²) in [6.07, 6.45) is 0.509. The molecule has 1 nitrogen and oxygen atoms in total. The normalized spacial score (nSPS) is 10.5. The third-order valence-electron chi connectivity index (χ3n) is 3.32. The molecule has 0 saturated heterocycles. The van der Waals surface area contributed by atoms with Gasteiger partial charge in [-0.15, -0.1) is 0 Å². The molecular weight excluding hydrogens is 239 g/mol. The molecule has 2 heteroatoms. The number of hydrogen-bond acceptors (Lipinski definition) is 1. The van der Waals surface area contributed by atoms with E-state index in [1.165, 1.54) is 17.2 Å². The van der Waals surface area contributed by atoms with Gasteiger partial charge in [0.05, 0.1) is 0 Å². The van der Waals surface area contributed by atoms with Crippen LogP contribution >= 0.6 is 0 Å². The van der Waals surface area contributed by atoms with Gasteiger partial charge < -0.3 is 0 Å². The van der Waals surface area contributed by atoms with Gasteiger partial charge in [0.15, 0.2) is 0 Å². The lowest BCUT2D eigenvalue weighted by Crippen LogP contribution is -2.08. The van der Waals surface area contributed by atoms with Gasteiger partial charge in [0.2, 0.25) is 0 Å². The van der Waals surface area contributed by atoms with Gasteiger partial charge in [-0.25, -0.2) is 4.39 Å². The fourth-order valence-electron chi connectivity index (χ4n) is 2.06. The predicted octanol–water partition coefficient (Wildman–Crippen LogP) is 3.80. The smallest absolute Gasteiger partial charge is 0.141 e. The van der Waals surface area contributed by atoms with E-state index in [1.54, 1.807) is 18.2 Å². The summed E-state index contributed by atoms with van der Waals surface area (Å²) < 4.78 is 13.5. The molecule has 0 fully saturated rings.